The first-order chi connectivity index (χ1) is 9.06. The van der Waals surface area contributed by atoms with E-state index in [-0.39, 0.29) is 11.8 Å². The number of nitrogens with one attached hydrogen (secondary N) is 1. The van der Waals surface area contributed by atoms with Crippen molar-refractivity contribution < 1.29 is 4.79 Å². The van der Waals surface area contributed by atoms with Crippen LogP contribution in [0.2, 0.25) is 5.02 Å². The topological polar surface area (TPSA) is 58.4 Å². The van der Waals surface area contributed by atoms with Gasteiger partial charge in [0.05, 0.1) is 5.92 Å². The number of nitrogens with two attached hydrogens (primary N) is 1. The molecule has 4 nitrogen and oxygen atoms in total. The highest BCUT2D eigenvalue weighted by atomic mass is 35.5. The van der Waals surface area contributed by atoms with Crippen molar-refractivity contribution in [3.8, 4) is 0 Å². The first kappa shape index (κ1) is 14.1. The molecule has 2 rings (SSSR count). The fourth-order valence-electron chi connectivity index (χ4n) is 2.13. The Kier molecular flexibility index (Phi) is 4.61. The molecule has 1 unspecified atom stereocenters. The average Bonchev–Trinajstić information content (AvgIpc) is 2.41. The van der Waals surface area contributed by atoms with Gasteiger partial charge in [-0.15, -0.1) is 0 Å². The van der Waals surface area contributed by atoms with Crippen LogP contribution in [-0.2, 0) is 4.79 Å². The molecule has 1 aromatic rings. The minimum atomic E-state index is -0.251. The highest BCUT2D eigenvalue weighted by Gasteiger charge is 2.25. The molecular weight excluding hydrogens is 282 g/mol. The second-order valence-corrected chi connectivity index (χ2v) is 5.45. The van der Waals surface area contributed by atoms with Crippen molar-refractivity contribution in [3.63, 3.8) is 0 Å². The molecule has 1 heterocycles. The SMILES string of the molecule is NC(=O)C1CCCN(C(=S)Nc2ccc(Cl)cc2)C1. The Morgan fingerprint density at radius 2 is 2.11 bits per heavy atom. The van der Waals surface area contributed by atoms with E-state index in [0.717, 1.165) is 25.1 Å². The molecule has 0 spiro atoms. The van der Waals surface area contributed by atoms with Crippen LogP contribution in [0.5, 0.6) is 0 Å². The first-order valence-corrected chi connectivity index (χ1v) is 6.95. The number of hydrogen-bond acceptors (Lipinski definition) is 2. The minimum Gasteiger partial charge on any atom is -0.369 e. The van der Waals surface area contributed by atoms with Crippen molar-refractivity contribution in [2.24, 2.45) is 11.7 Å². The third kappa shape index (κ3) is 3.81. The standard InChI is InChI=1S/C13H16ClN3OS/c14-10-3-5-11(6-4-10)16-13(19)17-7-1-2-9(8-17)12(15)18/h3-6,9H,1-2,7-8H2,(H2,15,18)(H,16,19). The molecular formula is C13H16ClN3OS. The van der Waals surface area contributed by atoms with Gasteiger partial charge in [0.15, 0.2) is 5.11 Å². The van der Waals surface area contributed by atoms with E-state index in [2.05, 4.69) is 5.32 Å². The number of amides is 1. The Hall–Kier alpha value is -1.33. The Balaban J connectivity index is 1.96. The monoisotopic (exact) mass is 297 g/mol. The molecule has 102 valence electrons. The predicted molar refractivity (Wildman–Crippen MR) is 81.2 cm³/mol. The Labute approximate surface area is 122 Å². The van der Waals surface area contributed by atoms with Crippen molar-refractivity contribution in [2.75, 3.05) is 18.4 Å². The quantitative estimate of drug-likeness (QED) is 0.822. The number of halogens is 1. The van der Waals surface area contributed by atoms with Crippen molar-refractivity contribution in [3.05, 3.63) is 29.3 Å². The molecule has 1 amide bonds. The average molecular weight is 298 g/mol. The number of rotatable bonds is 2. The van der Waals surface area contributed by atoms with Crippen LogP contribution < -0.4 is 11.1 Å². The van der Waals surface area contributed by atoms with Crippen LogP contribution >= 0.6 is 23.8 Å². The Morgan fingerprint density at radius 1 is 1.42 bits per heavy atom. The lowest BCUT2D eigenvalue weighted by Crippen LogP contribution is -2.45. The van der Waals surface area contributed by atoms with Gasteiger partial charge in [0.1, 0.15) is 0 Å². The van der Waals surface area contributed by atoms with Crippen LogP contribution in [-0.4, -0.2) is 29.0 Å². The highest BCUT2D eigenvalue weighted by Crippen LogP contribution is 2.18. The summed E-state index contributed by atoms with van der Waals surface area (Å²) < 4.78 is 0. The molecule has 0 saturated carbocycles. The van der Waals surface area contributed by atoms with E-state index in [0.29, 0.717) is 16.7 Å². The maximum absolute atomic E-state index is 11.2. The van der Waals surface area contributed by atoms with Crippen molar-refractivity contribution >= 4 is 40.5 Å². The van der Waals surface area contributed by atoms with Crippen molar-refractivity contribution in [1.82, 2.24) is 4.90 Å². The third-order valence-corrected chi connectivity index (χ3v) is 3.82. The van der Waals surface area contributed by atoms with Gasteiger partial charge in [0.2, 0.25) is 5.91 Å². The van der Waals surface area contributed by atoms with Crippen LogP contribution in [0.25, 0.3) is 0 Å². The van der Waals surface area contributed by atoms with Crippen LogP contribution in [0.3, 0.4) is 0 Å². The molecule has 6 heteroatoms. The number of hydrogen-bond donors (Lipinski definition) is 2. The highest BCUT2D eigenvalue weighted by molar-refractivity contribution is 7.80. The minimum absolute atomic E-state index is 0.112. The molecule has 1 aliphatic rings. The predicted octanol–water partition coefficient (Wildman–Crippen LogP) is 2.23. The summed E-state index contributed by atoms with van der Waals surface area (Å²) in [5.74, 6) is -0.363. The molecule has 1 aromatic carbocycles. The molecule has 1 aliphatic heterocycles. The van der Waals surface area contributed by atoms with Gasteiger partial charge in [0.25, 0.3) is 0 Å². The fourth-order valence-corrected chi connectivity index (χ4v) is 2.54. The van der Waals surface area contributed by atoms with Crippen LogP contribution in [0.15, 0.2) is 24.3 Å². The molecule has 0 aromatic heterocycles. The summed E-state index contributed by atoms with van der Waals surface area (Å²) in [6.45, 7) is 1.44. The van der Waals surface area contributed by atoms with Crippen molar-refractivity contribution in [1.29, 1.82) is 0 Å². The lowest BCUT2D eigenvalue weighted by atomic mass is 9.98. The number of carbonyl (C=O) groups is 1. The largest absolute Gasteiger partial charge is 0.369 e. The molecule has 0 bridgehead atoms. The lowest BCUT2D eigenvalue weighted by Gasteiger charge is -2.33. The Morgan fingerprint density at radius 3 is 2.74 bits per heavy atom. The van der Waals surface area contributed by atoms with E-state index >= 15 is 0 Å². The molecule has 19 heavy (non-hydrogen) atoms. The molecule has 0 radical (unpaired) electrons. The van der Waals surface area contributed by atoms with Gasteiger partial charge in [-0.1, -0.05) is 11.6 Å². The van der Waals surface area contributed by atoms with Crippen LogP contribution in [0.1, 0.15) is 12.8 Å². The van der Waals surface area contributed by atoms with E-state index < -0.39 is 0 Å². The zero-order chi connectivity index (χ0) is 13.8. The van der Waals surface area contributed by atoms with Crippen LogP contribution in [0.4, 0.5) is 5.69 Å². The number of benzene rings is 1. The summed E-state index contributed by atoms with van der Waals surface area (Å²) in [6, 6.07) is 7.33. The van der Waals surface area contributed by atoms with Crippen molar-refractivity contribution in [2.45, 2.75) is 12.8 Å². The number of nitrogens with zero attached hydrogens (tertiary/aromatic N) is 1. The number of piperidine rings is 1. The van der Waals surface area contributed by atoms with E-state index in [1.807, 2.05) is 17.0 Å². The fraction of sp³-hybridized carbons (Fsp3) is 0.385. The lowest BCUT2D eigenvalue weighted by molar-refractivity contribution is -0.122. The molecule has 1 atom stereocenters. The summed E-state index contributed by atoms with van der Waals surface area (Å²) in [7, 11) is 0. The van der Waals surface area contributed by atoms with Gasteiger partial charge in [-0.2, -0.15) is 0 Å². The second kappa shape index (κ2) is 6.21. The molecule has 1 fully saturated rings. The van der Waals surface area contributed by atoms with Gasteiger partial charge in [-0.05, 0) is 49.3 Å². The number of thiocarbonyl (C=S) groups is 1. The van der Waals surface area contributed by atoms with E-state index in [9.17, 15) is 4.79 Å². The molecule has 0 aliphatic carbocycles. The number of primary amides is 1. The summed E-state index contributed by atoms with van der Waals surface area (Å²) >= 11 is 11.2. The summed E-state index contributed by atoms with van der Waals surface area (Å²) in [5, 5.41) is 4.45. The van der Waals surface area contributed by atoms with E-state index in [1.54, 1.807) is 12.1 Å². The van der Waals surface area contributed by atoms with E-state index in [1.165, 1.54) is 0 Å². The number of carbonyl (C=O) groups excluding carboxylic acids is 1. The first-order valence-electron chi connectivity index (χ1n) is 6.17. The maximum atomic E-state index is 11.2. The number of likely N-dealkylation sites (tertiary alicyclic amines) is 1. The Bertz CT molecular complexity index is 477. The maximum Gasteiger partial charge on any atom is 0.222 e. The van der Waals surface area contributed by atoms with Gasteiger partial charge < -0.3 is 16.0 Å². The second-order valence-electron chi connectivity index (χ2n) is 4.62. The summed E-state index contributed by atoms with van der Waals surface area (Å²) in [4.78, 5) is 13.2. The molecule has 3 N–H and O–H groups in total. The van der Waals surface area contributed by atoms with Gasteiger partial charge in [-0.3, -0.25) is 4.79 Å². The van der Waals surface area contributed by atoms with Gasteiger partial charge >= 0.3 is 0 Å². The van der Waals surface area contributed by atoms with E-state index in [4.69, 9.17) is 29.6 Å². The smallest absolute Gasteiger partial charge is 0.222 e. The van der Waals surface area contributed by atoms with Crippen LogP contribution in [0, 0.1) is 5.92 Å². The normalized spacial score (nSPS) is 19.0. The zero-order valence-electron chi connectivity index (χ0n) is 10.4. The molecule has 1 saturated heterocycles. The van der Waals surface area contributed by atoms with Gasteiger partial charge in [-0.25, -0.2) is 0 Å². The zero-order valence-corrected chi connectivity index (χ0v) is 12.0. The van der Waals surface area contributed by atoms with Gasteiger partial charge in [0, 0.05) is 23.8 Å². The summed E-state index contributed by atoms with van der Waals surface area (Å²) in [6.07, 6.45) is 1.77. The number of anilines is 1. The third-order valence-electron chi connectivity index (χ3n) is 3.21. The summed E-state index contributed by atoms with van der Waals surface area (Å²) in [5.41, 5.74) is 6.24.